The lowest BCUT2D eigenvalue weighted by Crippen LogP contribution is -2.39. The number of benzene rings is 2. The lowest BCUT2D eigenvalue weighted by Gasteiger charge is -2.21. The monoisotopic (exact) mass is 391 g/mol. The number of fused-ring (bicyclic) bond motifs is 1. The number of nitrogens with one attached hydrogen (secondary N) is 2. The van der Waals surface area contributed by atoms with Crippen molar-refractivity contribution in [2.75, 3.05) is 26.9 Å². The van der Waals surface area contributed by atoms with Crippen LogP contribution in [-0.4, -0.2) is 32.9 Å². The smallest absolute Gasteiger partial charge is 0.190 e. The third-order valence-electron chi connectivity index (χ3n) is 4.28. The Morgan fingerprint density at radius 2 is 1.89 bits per heavy atom. The quantitative estimate of drug-likeness (QED) is 0.586. The van der Waals surface area contributed by atoms with Crippen LogP contribution in [0.4, 0.5) is 4.39 Å². The van der Waals surface area contributed by atoms with Crippen LogP contribution < -0.4 is 15.4 Å². The van der Waals surface area contributed by atoms with E-state index in [4.69, 9.17) is 21.1 Å². The second-order valence-electron chi connectivity index (χ2n) is 6.22. The summed E-state index contributed by atoms with van der Waals surface area (Å²) < 4.78 is 24.5. The van der Waals surface area contributed by atoms with Crippen molar-refractivity contribution in [3.05, 3.63) is 63.9 Å². The highest BCUT2D eigenvalue weighted by atomic mass is 35.5. The number of hydrogen-bond donors (Lipinski definition) is 2. The average Bonchev–Trinajstić information content (AvgIpc) is 2.68. The minimum atomic E-state index is -0.275. The predicted octanol–water partition coefficient (Wildman–Crippen LogP) is 3.30. The van der Waals surface area contributed by atoms with Crippen LogP contribution in [0.3, 0.4) is 0 Å². The zero-order chi connectivity index (χ0) is 19.1. The molecule has 1 heterocycles. The summed E-state index contributed by atoms with van der Waals surface area (Å²) in [6.07, 6.45) is 1.49. The van der Waals surface area contributed by atoms with Gasteiger partial charge >= 0.3 is 0 Å². The molecule has 1 aliphatic heterocycles. The first-order valence-electron chi connectivity index (χ1n) is 8.86. The summed E-state index contributed by atoms with van der Waals surface area (Å²) in [5.41, 5.74) is 2.78. The Labute approximate surface area is 163 Å². The van der Waals surface area contributed by atoms with Crippen molar-refractivity contribution in [1.29, 1.82) is 0 Å². The van der Waals surface area contributed by atoms with Gasteiger partial charge < -0.3 is 20.1 Å². The Hall–Kier alpha value is -2.31. The third kappa shape index (κ3) is 5.58. The summed E-state index contributed by atoms with van der Waals surface area (Å²) >= 11 is 5.90. The molecule has 0 bridgehead atoms. The van der Waals surface area contributed by atoms with Crippen LogP contribution in [0, 0.1) is 5.82 Å². The van der Waals surface area contributed by atoms with Gasteiger partial charge in [-0.2, -0.15) is 0 Å². The van der Waals surface area contributed by atoms with Crippen molar-refractivity contribution >= 4 is 17.6 Å². The van der Waals surface area contributed by atoms with Gasteiger partial charge in [0, 0.05) is 30.7 Å². The van der Waals surface area contributed by atoms with Crippen molar-refractivity contribution in [2.45, 2.75) is 19.4 Å². The minimum absolute atomic E-state index is 0.201. The molecular weight excluding hydrogens is 369 g/mol. The molecule has 0 atom stereocenters. The van der Waals surface area contributed by atoms with E-state index in [1.165, 1.54) is 17.7 Å². The van der Waals surface area contributed by atoms with E-state index in [2.05, 4.69) is 15.6 Å². The van der Waals surface area contributed by atoms with Gasteiger partial charge in [0.25, 0.3) is 0 Å². The number of rotatable bonds is 6. The number of guanidine groups is 1. The fraction of sp³-hybridized carbons (Fsp3) is 0.350. The first kappa shape index (κ1) is 19.5. The topological polar surface area (TPSA) is 54.9 Å². The summed E-state index contributed by atoms with van der Waals surface area (Å²) in [6.45, 7) is 1.94. The molecule has 3 rings (SSSR count). The highest BCUT2D eigenvalue weighted by molar-refractivity contribution is 6.30. The van der Waals surface area contributed by atoms with Crippen LogP contribution in [0.1, 0.15) is 16.7 Å². The van der Waals surface area contributed by atoms with Crippen molar-refractivity contribution in [1.82, 2.24) is 10.6 Å². The normalized spacial score (nSPS) is 13.7. The Morgan fingerprint density at radius 1 is 1.15 bits per heavy atom. The lowest BCUT2D eigenvalue weighted by molar-refractivity contribution is -0.0172. The number of aliphatic imine (C=N–C) groups is 1. The SMILES string of the molecule is CN=C(NCCc1ccc(Cl)cc1)NCCc1cc(F)cc2c1OCOC2. The van der Waals surface area contributed by atoms with Crippen molar-refractivity contribution in [2.24, 2.45) is 4.99 Å². The van der Waals surface area contributed by atoms with E-state index >= 15 is 0 Å². The first-order chi connectivity index (χ1) is 13.2. The number of hydrogen-bond acceptors (Lipinski definition) is 3. The number of halogens is 2. The highest BCUT2D eigenvalue weighted by Gasteiger charge is 2.16. The average molecular weight is 392 g/mol. The molecule has 0 aromatic heterocycles. The molecule has 144 valence electrons. The fourth-order valence-corrected chi connectivity index (χ4v) is 3.08. The van der Waals surface area contributed by atoms with Gasteiger partial charge in [-0.15, -0.1) is 0 Å². The van der Waals surface area contributed by atoms with Crippen LogP contribution in [0.15, 0.2) is 41.4 Å². The van der Waals surface area contributed by atoms with Crippen LogP contribution in [0.5, 0.6) is 5.75 Å². The zero-order valence-corrected chi connectivity index (χ0v) is 16.0. The minimum Gasteiger partial charge on any atom is -0.467 e. The van der Waals surface area contributed by atoms with Gasteiger partial charge in [-0.05, 0) is 48.2 Å². The molecule has 7 heteroatoms. The van der Waals surface area contributed by atoms with Gasteiger partial charge in [0.15, 0.2) is 12.8 Å². The maximum Gasteiger partial charge on any atom is 0.190 e. The molecule has 5 nitrogen and oxygen atoms in total. The fourth-order valence-electron chi connectivity index (χ4n) is 2.95. The standard InChI is InChI=1S/C20H23ClFN3O2/c1-23-20(24-8-6-14-2-4-17(21)5-3-14)25-9-7-15-10-18(22)11-16-12-26-13-27-19(15)16/h2-5,10-11H,6-9,12-13H2,1H3,(H2,23,24,25). The molecule has 0 spiro atoms. The maximum absolute atomic E-state index is 13.8. The molecule has 0 unspecified atom stereocenters. The number of nitrogens with zero attached hydrogens (tertiary/aromatic N) is 1. The first-order valence-corrected chi connectivity index (χ1v) is 9.24. The second kappa shape index (κ2) is 9.58. The molecule has 0 amide bonds. The van der Waals surface area contributed by atoms with Crippen molar-refractivity contribution in [3.8, 4) is 5.75 Å². The molecule has 2 N–H and O–H groups in total. The molecule has 27 heavy (non-hydrogen) atoms. The molecule has 1 aliphatic rings. The molecule has 0 radical (unpaired) electrons. The van der Waals surface area contributed by atoms with Gasteiger partial charge in [-0.25, -0.2) is 4.39 Å². The summed E-state index contributed by atoms with van der Waals surface area (Å²) in [4.78, 5) is 4.22. The Morgan fingerprint density at radius 3 is 2.63 bits per heavy atom. The molecule has 0 aliphatic carbocycles. The lowest BCUT2D eigenvalue weighted by atomic mass is 10.1. The van der Waals surface area contributed by atoms with Crippen LogP contribution in [0.2, 0.25) is 5.02 Å². The van der Waals surface area contributed by atoms with Gasteiger partial charge in [-0.1, -0.05) is 23.7 Å². The summed E-state index contributed by atoms with van der Waals surface area (Å²) in [5, 5.41) is 7.26. The van der Waals surface area contributed by atoms with E-state index in [9.17, 15) is 4.39 Å². The molecule has 2 aromatic rings. The zero-order valence-electron chi connectivity index (χ0n) is 15.2. The molecule has 0 fully saturated rings. The van der Waals surface area contributed by atoms with E-state index < -0.39 is 0 Å². The Kier molecular flexibility index (Phi) is 6.90. The van der Waals surface area contributed by atoms with Crippen LogP contribution >= 0.6 is 11.6 Å². The highest BCUT2D eigenvalue weighted by Crippen LogP contribution is 2.29. The summed E-state index contributed by atoms with van der Waals surface area (Å²) in [5.74, 6) is 1.16. The molecule has 2 aromatic carbocycles. The third-order valence-corrected chi connectivity index (χ3v) is 4.53. The van der Waals surface area contributed by atoms with Crippen LogP contribution in [0.25, 0.3) is 0 Å². The van der Waals surface area contributed by atoms with E-state index in [1.807, 2.05) is 24.3 Å². The van der Waals surface area contributed by atoms with E-state index in [0.29, 0.717) is 25.5 Å². The van der Waals surface area contributed by atoms with Crippen molar-refractivity contribution < 1.29 is 13.9 Å². The molecule has 0 saturated carbocycles. The van der Waals surface area contributed by atoms with Gasteiger partial charge in [0.05, 0.1) is 6.61 Å². The predicted molar refractivity (Wildman–Crippen MR) is 105 cm³/mol. The Bertz CT molecular complexity index is 797. The largest absolute Gasteiger partial charge is 0.467 e. The van der Waals surface area contributed by atoms with Gasteiger partial charge in [0.2, 0.25) is 0 Å². The van der Waals surface area contributed by atoms with E-state index in [1.54, 1.807) is 7.05 Å². The summed E-state index contributed by atoms with van der Waals surface area (Å²) in [7, 11) is 1.72. The number of ether oxygens (including phenoxy) is 2. The molecule has 0 saturated heterocycles. The molecular formula is C20H23ClFN3O2. The van der Waals surface area contributed by atoms with Crippen LogP contribution in [-0.2, 0) is 24.2 Å². The van der Waals surface area contributed by atoms with Gasteiger partial charge in [-0.3, -0.25) is 4.99 Å². The van der Waals surface area contributed by atoms with E-state index in [-0.39, 0.29) is 12.6 Å². The van der Waals surface area contributed by atoms with E-state index in [0.717, 1.165) is 34.9 Å². The van der Waals surface area contributed by atoms with Crippen molar-refractivity contribution in [3.63, 3.8) is 0 Å². The Balaban J connectivity index is 1.47. The summed E-state index contributed by atoms with van der Waals surface area (Å²) in [6, 6.07) is 10.8. The maximum atomic E-state index is 13.8. The second-order valence-corrected chi connectivity index (χ2v) is 6.65. The van der Waals surface area contributed by atoms with Gasteiger partial charge in [0.1, 0.15) is 11.6 Å².